The molecule has 4 heteroatoms. The van der Waals surface area contributed by atoms with Gasteiger partial charge in [-0.2, -0.15) is 0 Å². The molecule has 0 fully saturated rings. The molecule has 1 aromatic carbocycles. The summed E-state index contributed by atoms with van der Waals surface area (Å²) in [4.78, 5) is 3.94. The van der Waals surface area contributed by atoms with E-state index in [4.69, 9.17) is 0 Å². The molecule has 2 N–H and O–H groups in total. The van der Waals surface area contributed by atoms with Gasteiger partial charge in [0, 0.05) is 25.4 Å². The summed E-state index contributed by atoms with van der Waals surface area (Å²) in [5.74, 6) is -0.270. The van der Waals surface area contributed by atoms with Gasteiger partial charge in [0.15, 0.2) is 0 Å². The molecule has 3 nitrogen and oxygen atoms in total. The van der Waals surface area contributed by atoms with Gasteiger partial charge in [-0.15, -0.1) is 0 Å². The lowest BCUT2D eigenvalue weighted by atomic mass is 10.0. The second kappa shape index (κ2) is 5.91. The van der Waals surface area contributed by atoms with E-state index in [1.807, 2.05) is 12.1 Å². The minimum absolute atomic E-state index is 0.270. The molecule has 0 aliphatic carbocycles. The number of rotatable bonds is 5. The molecular weight excluding hydrogens is 243 g/mol. The number of benzene rings is 1. The van der Waals surface area contributed by atoms with E-state index in [0.29, 0.717) is 13.0 Å². The van der Waals surface area contributed by atoms with Crippen molar-refractivity contribution in [2.24, 2.45) is 0 Å². The lowest BCUT2D eigenvalue weighted by Gasteiger charge is -2.25. The summed E-state index contributed by atoms with van der Waals surface area (Å²) in [6, 6.07) is 9.93. The molecule has 0 saturated carbocycles. The molecule has 1 heterocycles. The first-order valence-electron chi connectivity index (χ1n) is 6.16. The van der Waals surface area contributed by atoms with Crippen LogP contribution >= 0.6 is 0 Å². The van der Waals surface area contributed by atoms with Crippen LogP contribution in [0, 0.1) is 5.82 Å². The summed E-state index contributed by atoms with van der Waals surface area (Å²) < 4.78 is 12.8. The summed E-state index contributed by atoms with van der Waals surface area (Å²) in [5.41, 5.74) is 0.893. The van der Waals surface area contributed by atoms with E-state index in [2.05, 4.69) is 10.3 Å². The van der Waals surface area contributed by atoms with Crippen molar-refractivity contribution in [1.82, 2.24) is 10.3 Å². The van der Waals surface area contributed by atoms with Gasteiger partial charge in [0.1, 0.15) is 11.5 Å². The Hall–Kier alpha value is -1.78. The van der Waals surface area contributed by atoms with Gasteiger partial charge in [0.05, 0.1) is 0 Å². The van der Waals surface area contributed by atoms with Crippen LogP contribution in [0.1, 0.15) is 18.1 Å². The highest BCUT2D eigenvalue weighted by molar-refractivity contribution is 5.18. The Kier molecular flexibility index (Phi) is 4.24. The van der Waals surface area contributed by atoms with Crippen molar-refractivity contribution in [1.29, 1.82) is 0 Å². The zero-order valence-electron chi connectivity index (χ0n) is 10.8. The topological polar surface area (TPSA) is 45.1 Å². The summed E-state index contributed by atoms with van der Waals surface area (Å²) >= 11 is 0. The minimum atomic E-state index is -1.04. The van der Waals surface area contributed by atoms with E-state index in [0.717, 1.165) is 11.1 Å². The number of nitrogens with one attached hydrogen (secondary N) is 1. The first kappa shape index (κ1) is 13.6. The molecule has 0 aliphatic heterocycles. The second-order valence-electron chi connectivity index (χ2n) is 4.79. The highest BCUT2D eigenvalue weighted by Crippen LogP contribution is 2.12. The number of aliphatic hydroxyl groups is 1. The quantitative estimate of drug-likeness (QED) is 0.811. The van der Waals surface area contributed by atoms with Crippen molar-refractivity contribution in [3.8, 4) is 0 Å². The third-order valence-corrected chi connectivity index (χ3v) is 2.88. The van der Waals surface area contributed by atoms with Crippen LogP contribution in [0.5, 0.6) is 0 Å². The van der Waals surface area contributed by atoms with Crippen LogP contribution < -0.4 is 5.32 Å². The average molecular weight is 260 g/mol. The van der Waals surface area contributed by atoms with Gasteiger partial charge < -0.3 is 5.11 Å². The van der Waals surface area contributed by atoms with Gasteiger partial charge in [-0.3, -0.25) is 10.3 Å². The van der Waals surface area contributed by atoms with E-state index in [1.165, 1.54) is 12.1 Å². The largest absolute Gasteiger partial charge is 0.376 e. The van der Waals surface area contributed by atoms with Crippen LogP contribution in [0.4, 0.5) is 4.39 Å². The van der Waals surface area contributed by atoms with Crippen molar-refractivity contribution in [3.05, 3.63) is 65.7 Å². The van der Waals surface area contributed by atoms with Gasteiger partial charge in [-0.1, -0.05) is 12.1 Å². The van der Waals surface area contributed by atoms with Gasteiger partial charge in [0.2, 0.25) is 0 Å². The van der Waals surface area contributed by atoms with Crippen molar-refractivity contribution in [2.75, 3.05) is 0 Å². The third-order valence-electron chi connectivity index (χ3n) is 2.88. The summed E-state index contributed by atoms with van der Waals surface area (Å²) in [5, 5.41) is 13.4. The molecule has 0 saturated heterocycles. The Morgan fingerprint density at radius 3 is 2.37 bits per heavy atom. The molecule has 19 heavy (non-hydrogen) atoms. The smallest absolute Gasteiger partial charge is 0.123 e. The standard InChI is InChI=1S/C15H17FN2O/c1-15(19,10-12-2-4-14(16)5-3-12)18-11-13-6-8-17-9-7-13/h2-9,18-19H,10-11H2,1H3. The number of hydrogen-bond acceptors (Lipinski definition) is 3. The van der Waals surface area contributed by atoms with Crippen LogP contribution in [-0.4, -0.2) is 15.8 Å². The fourth-order valence-electron chi connectivity index (χ4n) is 1.86. The van der Waals surface area contributed by atoms with Crippen LogP contribution in [0.25, 0.3) is 0 Å². The van der Waals surface area contributed by atoms with E-state index >= 15 is 0 Å². The molecule has 2 aromatic rings. The van der Waals surface area contributed by atoms with E-state index in [-0.39, 0.29) is 5.82 Å². The summed E-state index contributed by atoms with van der Waals surface area (Å²) in [6.07, 6.45) is 3.84. The molecule has 2 rings (SSSR count). The van der Waals surface area contributed by atoms with Crippen LogP contribution in [0.2, 0.25) is 0 Å². The Morgan fingerprint density at radius 1 is 1.11 bits per heavy atom. The average Bonchev–Trinajstić information content (AvgIpc) is 2.40. The van der Waals surface area contributed by atoms with Gasteiger partial charge in [0.25, 0.3) is 0 Å². The zero-order chi connectivity index (χ0) is 13.7. The van der Waals surface area contributed by atoms with Crippen molar-refractivity contribution >= 4 is 0 Å². The van der Waals surface area contributed by atoms with E-state index in [1.54, 1.807) is 31.5 Å². The Morgan fingerprint density at radius 2 is 1.74 bits per heavy atom. The molecule has 1 atom stereocenters. The minimum Gasteiger partial charge on any atom is -0.376 e. The molecular formula is C15H17FN2O. The SMILES string of the molecule is CC(O)(Cc1ccc(F)cc1)NCc1ccncc1. The molecule has 1 unspecified atom stereocenters. The van der Waals surface area contributed by atoms with Crippen LogP contribution in [0.15, 0.2) is 48.8 Å². The zero-order valence-corrected chi connectivity index (χ0v) is 10.8. The molecule has 0 spiro atoms. The lowest BCUT2D eigenvalue weighted by Crippen LogP contribution is -2.43. The number of hydrogen-bond donors (Lipinski definition) is 2. The number of pyridine rings is 1. The number of halogens is 1. The monoisotopic (exact) mass is 260 g/mol. The molecule has 0 amide bonds. The number of nitrogens with zero attached hydrogens (tertiary/aromatic N) is 1. The lowest BCUT2D eigenvalue weighted by molar-refractivity contribution is 0.0225. The highest BCUT2D eigenvalue weighted by atomic mass is 19.1. The van der Waals surface area contributed by atoms with E-state index in [9.17, 15) is 9.50 Å². The van der Waals surface area contributed by atoms with Gasteiger partial charge >= 0.3 is 0 Å². The second-order valence-corrected chi connectivity index (χ2v) is 4.79. The maximum absolute atomic E-state index is 12.8. The molecule has 1 aromatic heterocycles. The van der Waals surface area contributed by atoms with Crippen molar-refractivity contribution in [3.63, 3.8) is 0 Å². The van der Waals surface area contributed by atoms with E-state index < -0.39 is 5.72 Å². The predicted octanol–water partition coefficient (Wildman–Crippen LogP) is 2.26. The third kappa shape index (κ3) is 4.43. The number of aromatic nitrogens is 1. The maximum atomic E-state index is 12.8. The Bertz CT molecular complexity index is 511. The summed E-state index contributed by atoms with van der Waals surface area (Å²) in [7, 11) is 0. The Balaban J connectivity index is 1.93. The maximum Gasteiger partial charge on any atom is 0.123 e. The highest BCUT2D eigenvalue weighted by Gasteiger charge is 2.19. The van der Waals surface area contributed by atoms with Crippen molar-refractivity contribution in [2.45, 2.75) is 25.6 Å². The predicted molar refractivity (Wildman–Crippen MR) is 71.8 cm³/mol. The van der Waals surface area contributed by atoms with Gasteiger partial charge in [-0.25, -0.2) is 4.39 Å². The molecule has 100 valence electrons. The fourth-order valence-corrected chi connectivity index (χ4v) is 1.86. The molecule has 0 bridgehead atoms. The normalized spacial score (nSPS) is 14.1. The molecule has 0 radical (unpaired) electrons. The Labute approximate surface area is 112 Å². The van der Waals surface area contributed by atoms with Crippen LogP contribution in [-0.2, 0) is 13.0 Å². The summed E-state index contributed by atoms with van der Waals surface area (Å²) in [6.45, 7) is 2.26. The van der Waals surface area contributed by atoms with Crippen molar-refractivity contribution < 1.29 is 9.50 Å². The van der Waals surface area contributed by atoms with Crippen LogP contribution in [0.3, 0.4) is 0 Å². The first-order valence-corrected chi connectivity index (χ1v) is 6.16. The fraction of sp³-hybridized carbons (Fsp3) is 0.267. The molecule has 0 aliphatic rings. The van der Waals surface area contributed by atoms with Gasteiger partial charge in [-0.05, 0) is 42.3 Å². The first-order chi connectivity index (χ1) is 9.05.